The van der Waals surface area contributed by atoms with Crippen LogP contribution < -0.4 is 4.74 Å². The summed E-state index contributed by atoms with van der Waals surface area (Å²) in [5.41, 5.74) is 0.558. The predicted octanol–water partition coefficient (Wildman–Crippen LogP) is 3.82. The van der Waals surface area contributed by atoms with Crippen molar-refractivity contribution in [1.29, 1.82) is 0 Å². The highest BCUT2D eigenvalue weighted by Gasteiger charge is 2.12. The zero-order chi connectivity index (χ0) is 13.1. The first kappa shape index (κ1) is 12.9. The van der Waals surface area contributed by atoms with E-state index in [0.29, 0.717) is 11.3 Å². The van der Waals surface area contributed by atoms with Gasteiger partial charge in [-0.15, -0.1) is 11.3 Å². The van der Waals surface area contributed by atoms with E-state index in [1.807, 2.05) is 0 Å². The van der Waals surface area contributed by atoms with Crippen LogP contribution in [0.1, 0.15) is 15.2 Å². The molecule has 1 aromatic carbocycles. The van der Waals surface area contributed by atoms with Gasteiger partial charge < -0.3 is 9.84 Å². The molecule has 0 aliphatic carbocycles. The third kappa shape index (κ3) is 2.80. The van der Waals surface area contributed by atoms with Crippen molar-refractivity contribution >= 4 is 28.9 Å². The first-order valence-corrected chi connectivity index (χ1v) is 6.21. The number of hydrogen-bond acceptors (Lipinski definition) is 3. The molecular weight excluding hydrogens is 279 g/mol. The molecular formula is C12H8ClFO3S. The number of ether oxygens (including phenoxy) is 1. The Morgan fingerprint density at radius 3 is 2.89 bits per heavy atom. The zero-order valence-corrected chi connectivity index (χ0v) is 10.6. The molecule has 1 heterocycles. The van der Waals surface area contributed by atoms with Crippen LogP contribution in [0.3, 0.4) is 0 Å². The maximum absolute atomic E-state index is 13.1. The number of thiophene rings is 1. The number of halogens is 2. The summed E-state index contributed by atoms with van der Waals surface area (Å²) in [7, 11) is 0. The van der Waals surface area contributed by atoms with Crippen LogP contribution in [0, 0.1) is 5.82 Å². The highest BCUT2D eigenvalue weighted by atomic mass is 35.5. The van der Waals surface area contributed by atoms with Crippen molar-refractivity contribution in [3.63, 3.8) is 0 Å². The molecule has 0 saturated heterocycles. The van der Waals surface area contributed by atoms with Crippen molar-refractivity contribution in [2.24, 2.45) is 0 Å². The Hall–Kier alpha value is -1.59. The minimum atomic E-state index is -0.995. The Bertz CT molecular complexity index is 582. The molecule has 6 heteroatoms. The van der Waals surface area contributed by atoms with Gasteiger partial charge in [-0.2, -0.15) is 0 Å². The maximum Gasteiger partial charge on any atom is 0.346 e. The molecule has 0 spiro atoms. The average molecular weight is 287 g/mol. The van der Waals surface area contributed by atoms with Crippen LogP contribution >= 0.6 is 22.9 Å². The molecule has 0 saturated carbocycles. The summed E-state index contributed by atoms with van der Waals surface area (Å²) in [5.74, 6) is -1.26. The van der Waals surface area contributed by atoms with Crippen LogP contribution in [0.5, 0.6) is 5.75 Å². The Labute approximate surface area is 111 Å². The van der Waals surface area contributed by atoms with Crippen molar-refractivity contribution in [3.05, 3.63) is 50.9 Å². The van der Waals surface area contributed by atoms with E-state index < -0.39 is 11.8 Å². The van der Waals surface area contributed by atoms with Gasteiger partial charge in [-0.05, 0) is 23.6 Å². The SMILES string of the molecule is O=C(O)c1sccc1COc1ccc(Cl)c(F)c1. The third-order valence-electron chi connectivity index (χ3n) is 2.23. The van der Waals surface area contributed by atoms with Crippen molar-refractivity contribution < 1.29 is 19.0 Å². The van der Waals surface area contributed by atoms with Gasteiger partial charge in [0.25, 0.3) is 0 Å². The molecule has 2 rings (SSSR count). The Balaban J connectivity index is 2.09. The molecule has 1 N–H and O–H groups in total. The van der Waals surface area contributed by atoms with E-state index in [-0.39, 0.29) is 16.5 Å². The number of aromatic carboxylic acids is 1. The monoisotopic (exact) mass is 286 g/mol. The fourth-order valence-electron chi connectivity index (χ4n) is 1.36. The fourth-order valence-corrected chi connectivity index (χ4v) is 2.23. The zero-order valence-electron chi connectivity index (χ0n) is 9.02. The Morgan fingerprint density at radius 1 is 1.44 bits per heavy atom. The van der Waals surface area contributed by atoms with Crippen LogP contribution in [0.15, 0.2) is 29.6 Å². The second-order valence-electron chi connectivity index (χ2n) is 3.44. The molecule has 3 nitrogen and oxygen atoms in total. The topological polar surface area (TPSA) is 46.5 Å². The molecule has 2 aromatic rings. The average Bonchev–Trinajstić information content (AvgIpc) is 2.79. The number of hydrogen-bond donors (Lipinski definition) is 1. The Kier molecular flexibility index (Phi) is 3.84. The number of rotatable bonds is 4. The van der Waals surface area contributed by atoms with E-state index in [4.69, 9.17) is 21.4 Å². The van der Waals surface area contributed by atoms with Gasteiger partial charge in [0.15, 0.2) is 0 Å². The quantitative estimate of drug-likeness (QED) is 0.929. The number of benzene rings is 1. The van der Waals surface area contributed by atoms with Crippen LogP contribution in [0.25, 0.3) is 0 Å². The molecule has 0 aliphatic heterocycles. The number of carbonyl (C=O) groups is 1. The molecule has 94 valence electrons. The summed E-state index contributed by atoms with van der Waals surface area (Å²) in [5, 5.41) is 10.6. The van der Waals surface area contributed by atoms with Crippen LogP contribution in [-0.4, -0.2) is 11.1 Å². The molecule has 0 amide bonds. The largest absolute Gasteiger partial charge is 0.489 e. The smallest absolute Gasteiger partial charge is 0.346 e. The van der Waals surface area contributed by atoms with Gasteiger partial charge in [-0.3, -0.25) is 0 Å². The lowest BCUT2D eigenvalue weighted by molar-refractivity contribution is 0.0699. The first-order valence-electron chi connectivity index (χ1n) is 4.95. The second-order valence-corrected chi connectivity index (χ2v) is 4.77. The van der Waals surface area contributed by atoms with E-state index in [2.05, 4.69) is 0 Å². The molecule has 1 aromatic heterocycles. The van der Waals surface area contributed by atoms with Crippen molar-refractivity contribution in [1.82, 2.24) is 0 Å². The lowest BCUT2D eigenvalue weighted by Gasteiger charge is -2.06. The normalized spacial score (nSPS) is 10.3. The number of carboxylic acids is 1. The molecule has 18 heavy (non-hydrogen) atoms. The van der Waals surface area contributed by atoms with Gasteiger partial charge >= 0.3 is 5.97 Å². The summed E-state index contributed by atoms with van der Waals surface area (Å²) in [6, 6.07) is 5.74. The van der Waals surface area contributed by atoms with Gasteiger partial charge in [0.05, 0.1) is 5.02 Å². The minimum absolute atomic E-state index is 0.0177. The molecule has 0 aliphatic rings. The third-order valence-corrected chi connectivity index (χ3v) is 3.48. The van der Waals surface area contributed by atoms with E-state index in [0.717, 1.165) is 17.4 Å². The first-order chi connectivity index (χ1) is 8.58. The molecule has 0 atom stereocenters. The van der Waals surface area contributed by atoms with Gasteiger partial charge in [-0.25, -0.2) is 9.18 Å². The van der Waals surface area contributed by atoms with Gasteiger partial charge in [-0.1, -0.05) is 11.6 Å². The predicted molar refractivity (Wildman–Crippen MR) is 67.0 cm³/mol. The number of carboxylic acid groups (broad SMARTS) is 1. The van der Waals surface area contributed by atoms with Crippen LogP contribution in [0.4, 0.5) is 4.39 Å². The van der Waals surface area contributed by atoms with Crippen molar-refractivity contribution in [3.8, 4) is 5.75 Å². The summed E-state index contributed by atoms with van der Waals surface area (Å²) in [6.45, 7) is 0.0756. The van der Waals surface area contributed by atoms with Gasteiger partial charge in [0, 0.05) is 11.6 Å². The Morgan fingerprint density at radius 2 is 2.22 bits per heavy atom. The highest BCUT2D eigenvalue weighted by Crippen LogP contribution is 2.23. The highest BCUT2D eigenvalue weighted by molar-refractivity contribution is 7.12. The van der Waals surface area contributed by atoms with Crippen LogP contribution in [-0.2, 0) is 6.61 Å². The molecule has 0 radical (unpaired) electrons. The van der Waals surface area contributed by atoms with Gasteiger partial charge in [0.1, 0.15) is 23.1 Å². The lowest BCUT2D eigenvalue weighted by Crippen LogP contribution is -2.01. The molecule has 0 fully saturated rings. The minimum Gasteiger partial charge on any atom is -0.489 e. The summed E-state index contributed by atoms with van der Waals surface area (Å²) in [6.07, 6.45) is 0. The van der Waals surface area contributed by atoms with Crippen molar-refractivity contribution in [2.45, 2.75) is 6.61 Å². The van der Waals surface area contributed by atoms with Crippen molar-refractivity contribution in [2.75, 3.05) is 0 Å². The summed E-state index contributed by atoms with van der Waals surface area (Å²) >= 11 is 6.66. The fraction of sp³-hybridized carbons (Fsp3) is 0.0833. The second kappa shape index (κ2) is 5.37. The molecule has 0 bridgehead atoms. The van der Waals surface area contributed by atoms with E-state index in [1.54, 1.807) is 11.4 Å². The summed E-state index contributed by atoms with van der Waals surface area (Å²) < 4.78 is 18.5. The lowest BCUT2D eigenvalue weighted by atomic mass is 10.2. The van der Waals surface area contributed by atoms with E-state index in [1.165, 1.54) is 12.1 Å². The van der Waals surface area contributed by atoms with E-state index >= 15 is 0 Å². The van der Waals surface area contributed by atoms with Gasteiger partial charge in [0.2, 0.25) is 0 Å². The molecule has 0 unspecified atom stereocenters. The van der Waals surface area contributed by atoms with Crippen LogP contribution in [0.2, 0.25) is 5.02 Å². The standard InChI is InChI=1S/C12H8ClFO3S/c13-9-2-1-8(5-10(9)14)17-6-7-3-4-18-11(7)12(15)16/h1-5H,6H2,(H,15,16). The maximum atomic E-state index is 13.1. The summed E-state index contributed by atoms with van der Waals surface area (Å²) in [4.78, 5) is 11.1. The van der Waals surface area contributed by atoms with E-state index in [9.17, 15) is 9.18 Å².